The molecule has 0 saturated heterocycles. The zero-order valence-corrected chi connectivity index (χ0v) is 14.4. The van der Waals surface area contributed by atoms with Crippen molar-refractivity contribution in [2.24, 2.45) is 5.73 Å². The van der Waals surface area contributed by atoms with Crippen molar-refractivity contribution in [3.8, 4) is 0 Å². The van der Waals surface area contributed by atoms with Gasteiger partial charge in [-0.1, -0.05) is 76.2 Å². The molecule has 0 saturated carbocycles. The number of hydrogen-bond donors (Lipinski definition) is 2. The third-order valence-corrected chi connectivity index (χ3v) is 4.09. The highest BCUT2D eigenvalue weighted by molar-refractivity contribution is 7.80. The first-order valence-corrected chi connectivity index (χ1v) is 8.71. The van der Waals surface area contributed by atoms with Crippen LogP contribution in [0.2, 0.25) is 0 Å². The van der Waals surface area contributed by atoms with Crippen molar-refractivity contribution in [1.82, 2.24) is 0 Å². The lowest BCUT2D eigenvalue weighted by molar-refractivity contribution is 0.581. The molecule has 0 unspecified atom stereocenters. The first-order chi connectivity index (χ1) is 10.2. The summed E-state index contributed by atoms with van der Waals surface area (Å²) >= 11 is 5.12. The maximum atomic E-state index is 5.78. The largest absolute Gasteiger partial charge is 0.389 e. The average molecular weight is 307 g/mol. The molecule has 1 aromatic rings. The van der Waals surface area contributed by atoms with E-state index in [1.54, 1.807) is 0 Å². The highest BCUT2D eigenvalue weighted by Gasteiger charge is 2.06. The Morgan fingerprint density at radius 2 is 1.67 bits per heavy atom. The molecule has 0 amide bonds. The predicted octanol–water partition coefficient (Wildman–Crippen LogP) is 5.18. The highest BCUT2D eigenvalue weighted by Crippen LogP contribution is 2.20. The van der Waals surface area contributed by atoms with Crippen LogP contribution in [0, 0.1) is 6.92 Å². The van der Waals surface area contributed by atoms with E-state index >= 15 is 0 Å². The van der Waals surface area contributed by atoms with Crippen molar-refractivity contribution < 1.29 is 0 Å². The van der Waals surface area contributed by atoms with Gasteiger partial charge in [0.1, 0.15) is 4.99 Å². The Morgan fingerprint density at radius 1 is 1.05 bits per heavy atom. The van der Waals surface area contributed by atoms with Gasteiger partial charge in [-0.05, 0) is 25.0 Å². The van der Waals surface area contributed by atoms with E-state index in [1.807, 2.05) is 12.1 Å². The van der Waals surface area contributed by atoms with Crippen LogP contribution >= 0.6 is 12.2 Å². The van der Waals surface area contributed by atoms with E-state index in [0.717, 1.165) is 17.8 Å². The standard InChI is InChI=1S/C18H30N2S/c1-3-4-5-6-7-8-9-10-14-20-17-15(2)12-11-13-16(17)18(19)21/h11-13,20H,3-10,14H2,1-2H3,(H2,19,21). The van der Waals surface area contributed by atoms with Crippen LogP contribution < -0.4 is 11.1 Å². The molecule has 21 heavy (non-hydrogen) atoms. The van der Waals surface area contributed by atoms with E-state index in [4.69, 9.17) is 18.0 Å². The Hall–Kier alpha value is -1.09. The van der Waals surface area contributed by atoms with Crippen molar-refractivity contribution >= 4 is 22.9 Å². The summed E-state index contributed by atoms with van der Waals surface area (Å²) in [7, 11) is 0. The number of benzene rings is 1. The summed E-state index contributed by atoms with van der Waals surface area (Å²) in [5.74, 6) is 0. The van der Waals surface area contributed by atoms with E-state index in [1.165, 1.54) is 56.9 Å². The van der Waals surface area contributed by atoms with Gasteiger partial charge in [-0.15, -0.1) is 0 Å². The number of aryl methyl sites for hydroxylation is 1. The molecule has 0 aliphatic rings. The van der Waals surface area contributed by atoms with Gasteiger partial charge in [-0.3, -0.25) is 0 Å². The smallest absolute Gasteiger partial charge is 0.106 e. The molecule has 1 rings (SSSR count). The number of unbranched alkanes of at least 4 members (excludes halogenated alkanes) is 7. The van der Waals surface area contributed by atoms with Crippen molar-refractivity contribution in [3.63, 3.8) is 0 Å². The zero-order valence-electron chi connectivity index (χ0n) is 13.6. The second-order valence-electron chi connectivity index (χ2n) is 5.76. The van der Waals surface area contributed by atoms with Crippen LogP contribution in [0.3, 0.4) is 0 Å². The summed E-state index contributed by atoms with van der Waals surface area (Å²) < 4.78 is 0. The van der Waals surface area contributed by atoms with Gasteiger partial charge in [0, 0.05) is 17.8 Å². The normalized spacial score (nSPS) is 10.6. The second kappa shape index (κ2) is 10.6. The average Bonchev–Trinajstić information content (AvgIpc) is 2.46. The Kier molecular flexibility index (Phi) is 9.07. The Morgan fingerprint density at radius 3 is 2.29 bits per heavy atom. The van der Waals surface area contributed by atoms with Crippen molar-refractivity contribution in [3.05, 3.63) is 29.3 Å². The molecule has 1 aromatic carbocycles. The van der Waals surface area contributed by atoms with Gasteiger partial charge in [-0.25, -0.2) is 0 Å². The summed E-state index contributed by atoms with van der Waals surface area (Å²) in [6, 6.07) is 6.09. The van der Waals surface area contributed by atoms with E-state index in [0.29, 0.717) is 4.99 Å². The topological polar surface area (TPSA) is 38.0 Å². The molecule has 0 aliphatic carbocycles. The summed E-state index contributed by atoms with van der Waals surface area (Å²) in [4.78, 5) is 0.470. The van der Waals surface area contributed by atoms with Crippen LogP contribution in [0.25, 0.3) is 0 Å². The maximum Gasteiger partial charge on any atom is 0.106 e. The molecule has 2 nitrogen and oxygen atoms in total. The van der Waals surface area contributed by atoms with E-state index < -0.39 is 0 Å². The fourth-order valence-corrected chi connectivity index (χ4v) is 2.75. The zero-order chi connectivity index (χ0) is 15.5. The van der Waals surface area contributed by atoms with Gasteiger partial charge in [0.25, 0.3) is 0 Å². The molecular weight excluding hydrogens is 276 g/mol. The number of nitrogens with two attached hydrogens (primary N) is 1. The molecule has 0 fully saturated rings. The van der Waals surface area contributed by atoms with Crippen LogP contribution in [0.1, 0.15) is 69.4 Å². The van der Waals surface area contributed by atoms with Gasteiger partial charge in [0.15, 0.2) is 0 Å². The lowest BCUT2D eigenvalue weighted by Gasteiger charge is -2.14. The second-order valence-corrected chi connectivity index (χ2v) is 6.20. The molecule has 0 aliphatic heterocycles. The summed E-state index contributed by atoms with van der Waals surface area (Å²) in [6.07, 6.45) is 10.7. The number of para-hydroxylation sites is 1. The predicted molar refractivity (Wildman–Crippen MR) is 98.2 cm³/mol. The molecule has 0 heterocycles. The molecule has 0 spiro atoms. The molecule has 0 atom stereocenters. The lowest BCUT2D eigenvalue weighted by atomic mass is 10.1. The first-order valence-electron chi connectivity index (χ1n) is 8.30. The first kappa shape index (κ1) is 18.0. The Labute approximate surface area is 135 Å². The highest BCUT2D eigenvalue weighted by atomic mass is 32.1. The molecule has 118 valence electrons. The number of rotatable bonds is 11. The summed E-state index contributed by atoms with van der Waals surface area (Å²) in [5.41, 5.74) is 9.06. The van der Waals surface area contributed by atoms with Crippen LogP contribution in [0.4, 0.5) is 5.69 Å². The monoisotopic (exact) mass is 306 g/mol. The minimum atomic E-state index is 0.470. The molecule has 0 aromatic heterocycles. The Balaban J connectivity index is 2.23. The van der Waals surface area contributed by atoms with Gasteiger partial charge < -0.3 is 11.1 Å². The lowest BCUT2D eigenvalue weighted by Crippen LogP contribution is -2.14. The molecule has 3 N–H and O–H groups in total. The van der Waals surface area contributed by atoms with E-state index in [-0.39, 0.29) is 0 Å². The Bertz CT molecular complexity index is 429. The number of nitrogens with one attached hydrogen (secondary N) is 1. The third-order valence-electron chi connectivity index (χ3n) is 3.87. The fraction of sp³-hybridized carbons (Fsp3) is 0.611. The van der Waals surface area contributed by atoms with Crippen molar-refractivity contribution in [2.75, 3.05) is 11.9 Å². The molecular formula is C18H30N2S. The molecule has 3 heteroatoms. The van der Waals surface area contributed by atoms with Crippen molar-refractivity contribution in [2.45, 2.75) is 65.2 Å². The van der Waals surface area contributed by atoms with Crippen LogP contribution in [0.5, 0.6) is 0 Å². The van der Waals surface area contributed by atoms with E-state index in [9.17, 15) is 0 Å². The molecule has 0 bridgehead atoms. The van der Waals surface area contributed by atoms with Gasteiger partial charge >= 0.3 is 0 Å². The minimum absolute atomic E-state index is 0.470. The summed E-state index contributed by atoms with van der Waals surface area (Å²) in [5, 5.41) is 3.51. The SMILES string of the molecule is CCCCCCCCCCNc1c(C)cccc1C(N)=S. The number of anilines is 1. The van der Waals surface area contributed by atoms with Gasteiger partial charge in [0.05, 0.1) is 0 Å². The van der Waals surface area contributed by atoms with Gasteiger partial charge in [0.2, 0.25) is 0 Å². The van der Waals surface area contributed by atoms with Gasteiger partial charge in [-0.2, -0.15) is 0 Å². The van der Waals surface area contributed by atoms with Crippen LogP contribution in [0.15, 0.2) is 18.2 Å². The van der Waals surface area contributed by atoms with E-state index in [2.05, 4.69) is 25.2 Å². The third kappa shape index (κ3) is 6.94. The maximum absolute atomic E-state index is 5.78. The van der Waals surface area contributed by atoms with Crippen LogP contribution in [-0.2, 0) is 0 Å². The minimum Gasteiger partial charge on any atom is -0.389 e. The summed E-state index contributed by atoms with van der Waals surface area (Å²) in [6.45, 7) is 5.35. The van der Waals surface area contributed by atoms with Crippen LogP contribution in [-0.4, -0.2) is 11.5 Å². The van der Waals surface area contributed by atoms with Crippen molar-refractivity contribution in [1.29, 1.82) is 0 Å². The fourth-order valence-electron chi connectivity index (χ4n) is 2.58. The number of hydrogen-bond acceptors (Lipinski definition) is 2. The molecule has 0 radical (unpaired) electrons. The quantitative estimate of drug-likeness (QED) is 0.437. The number of thiocarbonyl (C=S) groups is 1.